The SMILES string of the molecule is N#CCc1cc(-c2ccc3ccccc3c2)n[nH]1. The maximum Gasteiger partial charge on any atom is 0.0924 e. The van der Waals surface area contributed by atoms with Gasteiger partial charge in [0.25, 0.3) is 0 Å². The topological polar surface area (TPSA) is 52.5 Å². The molecule has 3 aromatic rings. The van der Waals surface area contributed by atoms with E-state index in [2.05, 4.69) is 46.6 Å². The van der Waals surface area contributed by atoms with Crippen LogP contribution < -0.4 is 0 Å². The molecule has 0 unspecified atom stereocenters. The standard InChI is InChI=1S/C15H11N3/c16-8-7-14-10-15(18-17-14)13-6-5-11-3-1-2-4-12(11)9-13/h1-6,9-10H,7H2,(H,17,18). The number of aromatic nitrogens is 2. The molecule has 0 atom stereocenters. The first-order chi connectivity index (χ1) is 8.86. The zero-order valence-corrected chi connectivity index (χ0v) is 9.72. The van der Waals surface area contributed by atoms with E-state index in [9.17, 15) is 0 Å². The highest BCUT2D eigenvalue weighted by atomic mass is 15.1. The monoisotopic (exact) mass is 233 g/mol. The summed E-state index contributed by atoms with van der Waals surface area (Å²) >= 11 is 0. The molecule has 86 valence electrons. The van der Waals surface area contributed by atoms with Gasteiger partial charge in [-0.2, -0.15) is 10.4 Å². The summed E-state index contributed by atoms with van der Waals surface area (Å²) in [6.45, 7) is 0. The van der Waals surface area contributed by atoms with Crippen molar-refractivity contribution in [2.75, 3.05) is 0 Å². The number of rotatable bonds is 2. The molecule has 1 aromatic heterocycles. The number of hydrogen-bond donors (Lipinski definition) is 1. The highest BCUT2D eigenvalue weighted by Crippen LogP contribution is 2.23. The minimum atomic E-state index is 0.362. The Hall–Kier alpha value is -2.60. The van der Waals surface area contributed by atoms with Gasteiger partial charge in [0.05, 0.1) is 18.2 Å². The number of benzene rings is 2. The van der Waals surface area contributed by atoms with E-state index < -0.39 is 0 Å². The molecule has 0 aliphatic heterocycles. The molecule has 0 aliphatic rings. The maximum atomic E-state index is 8.64. The van der Waals surface area contributed by atoms with E-state index in [1.807, 2.05) is 18.2 Å². The molecule has 0 radical (unpaired) electrons. The molecule has 0 bridgehead atoms. The van der Waals surface area contributed by atoms with Crippen molar-refractivity contribution in [2.45, 2.75) is 6.42 Å². The Balaban J connectivity index is 2.05. The van der Waals surface area contributed by atoms with Gasteiger partial charge >= 0.3 is 0 Å². The average molecular weight is 233 g/mol. The molecule has 3 heteroatoms. The van der Waals surface area contributed by atoms with Gasteiger partial charge in [-0.15, -0.1) is 0 Å². The highest BCUT2D eigenvalue weighted by Gasteiger charge is 2.04. The molecule has 0 aliphatic carbocycles. The summed E-state index contributed by atoms with van der Waals surface area (Å²) in [5.41, 5.74) is 2.79. The van der Waals surface area contributed by atoms with Crippen LogP contribution in [0.2, 0.25) is 0 Å². The number of hydrogen-bond acceptors (Lipinski definition) is 2. The van der Waals surface area contributed by atoms with Crippen LogP contribution in [0.15, 0.2) is 48.5 Å². The summed E-state index contributed by atoms with van der Waals surface area (Å²) in [6.07, 6.45) is 0.362. The Labute approximate surface area is 105 Å². The van der Waals surface area contributed by atoms with Crippen molar-refractivity contribution < 1.29 is 0 Å². The maximum absolute atomic E-state index is 8.64. The fourth-order valence-corrected chi connectivity index (χ4v) is 2.03. The van der Waals surface area contributed by atoms with Crippen molar-refractivity contribution in [2.24, 2.45) is 0 Å². The Bertz CT molecular complexity index is 735. The zero-order chi connectivity index (χ0) is 12.4. The minimum absolute atomic E-state index is 0.362. The van der Waals surface area contributed by atoms with Gasteiger partial charge in [-0.1, -0.05) is 36.4 Å². The number of fused-ring (bicyclic) bond motifs is 1. The lowest BCUT2D eigenvalue weighted by Gasteiger charge is -2.00. The summed E-state index contributed by atoms with van der Waals surface area (Å²) in [5.74, 6) is 0. The number of nitrogens with one attached hydrogen (secondary N) is 1. The van der Waals surface area contributed by atoms with Crippen LogP contribution in [-0.2, 0) is 6.42 Å². The quantitative estimate of drug-likeness (QED) is 0.738. The van der Waals surface area contributed by atoms with E-state index >= 15 is 0 Å². The van der Waals surface area contributed by atoms with Crippen LogP contribution in [0.3, 0.4) is 0 Å². The molecule has 3 nitrogen and oxygen atoms in total. The first kappa shape index (κ1) is 10.5. The number of nitriles is 1. The molecule has 18 heavy (non-hydrogen) atoms. The lowest BCUT2D eigenvalue weighted by Crippen LogP contribution is -1.79. The third kappa shape index (κ3) is 1.85. The molecule has 0 fully saturated rings. The molecule has 0 saturated heterocycles. The van der Waals surface area contributed by atoms with Crippen molar-refractivity contribution in [3.63, 3.8) is 0 Å². The largest absolute Gasteiger partial charge is 0.281 e. The summed E-state index contributed by atoms with van der Waals surface area (Å²) < 4.78 is 0. The predicted molar refractivity (Wildman–Crippen MR) is 70.8 cm³/mol. The Morgan fingerprint density at radius 3 is 2.72 bits per heavy atom. The first-order valence-electron chi connectivity index (χ1n) is 5.77. The summed E-state index contributed by atoms with van der Waals surface area (Å²) in [4.78, 5) is 0. The van der Waals surface area contributed by atoms with E-state index in [0.717, 1.165) is 17.0 Å². The fraction of sp³-hybridized carbons (Fsp3) is 0.0667. The number of H-pyrrole nitrogens is 1. The van der Waals surface area contributed by atoms with Crippen molar-refractivity contribution in [1.29, 1.82) is 5.26 Å². The zero-order valence-electron chi connectivity index (χ0n) is 9.72. The number of aromatic amines is 1. The van der Waals surface area contributed by atoms with Gasteiger partial charge in [0.15, 0.2) is 0 Å². The van der Waals surface area contributed by atoms with E-state index in [1.165, 1.54) is 10.8 Å². The third-order valence-electron chi connectivity index (χ3n) is 2.95. The summed E-state index contributed by atoms with van der Waals surface area (Å²) in [6, 6.07) is 18.5. The van der Waals surface area contributed by atoms with Crippen LogP contribution in [0.1, 0.15) is 5.69 Å². The second kappa shape index (κ2) is 4.34. The molecule has 3 rings (SSSR count). The fourth-order valence-electron chi connectivity index (χ4n) is 2.03. The van der Waals surface area contributed by atoms with Gasteiger partial charge in [-0.05, 0) is 22.9 Å². The van der Waals surface area contributed by atoms with Gasteiger partial charge in [0.2, 0.25) is 0 Å². The molecule has 2 aromatic carbocycles. The van der Waals surface area contributed by atoms with E-state index in [-0.39, 0.29) is 0 Å². The van der Waals surface area contributed by atoms with E-state index in [4.69, 9.17) is 5.26 Å². The van der Waals surface area contributed by atoms with Gasteiger partial charge in [0.1, 0.15) is 0 Å². The third-order valence-corrected chi connectivity index (χ3v) is 2.95. The average Bonchev–Trinajstić information content (AvgIpc) is 2.87. The smallest absolute Gasteiger partial charge is 0.0924 e. The van der Waals surface area contributed by atoms with Crippen molar-refractivity contribution in [3.05, 3.63) is 54.2 Å². The van der Waals surface area contributed by atoms with Crippen LogP contribution in [0, 0.1) is 11.3 Å². The summed E-state index contributed by atoms with van der Waals surface area (Å²) in [7, 11) is 0. The lowest BCUT2D eigenvalue weighted by molar-refractivity contribution is 1.02. The van der Waals surface area contributed by atoms with Gasteiger partial charge in [0, 0.05) is 11.3 Å². The van der Waals surface area contributed by atoms with Gasteiger partial charge < -0.3 is 0 Å². The van der Waals surface area contributed by atoms with Crippen molar-refractivity contribution >= 4 is 10.8 Å². The van der Waals surface area contributed by atoms with E-state index in [1.54, 1.807) is 0 Å². The first-order valence-corrected chi connectivity index (χ1v) is 5.77. The Morgan fingerprint density at radius 2 is 1.89 bits per heavy atom. The molecule has 0 spiro atoms. The molecule has 0 amide bonds. The van der Waals surface area contributed by atoms with Gasteiger partial charge in [-0.3, -0.25) is 5.10 Å². The molecule has 0 saturated carbocycles. The van der Waals surface area contributed by atoms with Crippen molar-refractivity contribution in [1.82, 2.24) is 10.2 Å². The van der Waals surface area contributed by atoms with Crippen LogP contribution in [-0.4, -0.2) is 10.2 Å². The Kier molecular flexibility index (Phi) is 2.54. The predicted octanol–water partition coefficient (Wildman–Crippen LogP) is 3.30. The van der Waals surface area contributed by atoms with Crippen LogP contribution in [0.5, 0.6) is 0 Å². The molecule has 1 N–H and O–H groups in total. The Morgan fingerprint density at radius 1 is 1.06 bits per heavy atom. The normalized spacial score (nSPS) is 10.4. The van der Waals surface area contributed by atoms with Crippen molar-refractivity contribution in [3.8, 4) is 17.3 Å². The van der Waals surface area contributed by atoms with Crippen LogP contribution in [0.25, 0.3) is 22.0 Å². The number of nitrogens with zero attached hydrogens (tertiary/aromatic N) is 2. The highest BCUT2D eigenvalue weighted by molar-refractivity contribution is 5.86. The van der Waals surface area contributed by atoms with E-state index in [0.29, 0.717) is 6.42 Å². The summed E-state index contributed by atoms with van der Waals surface area (Å²) in [5, 5.41) is 18.2. The van der Waals surface area contributed by atoms with Crippen LogP contribution >= 0.6 is 0 Å². The lowest BCUT2D eigenvalue weighted by atomic mass is 10.1. The molecule has 1 heterocycles. The van der Waals surface area contributed by atoms with Gasteiger partial charge in [-0.25, -0.2) is 0 Å². The molecular weight excluding hydrogens is 222 g/mol. The van der Waals surface area contributed by atoms with Crippen LogP contribution in [0.4, 0.5) is 0 Å². The second-order valence-electron chi connectivity index (χ2n) is 4.18. The molecular formula is C15H11N3. The second-order valence-corrected chi connectivity index (χ2v) is 4.18. The minimum Gasteiger partial charge on any atom is -0.281 e.